The molecule has 2 aromatic carbocycles. The summed E-state index contributed by atoms with van der Waals surface area (Å²) in [6, 6.07) is 9.86. The topological polar surface area (TPSA) is 37.3 Å². The van der Waals surface area contributed by atoms with E-state index in [4.69, 9.17) is 0 Å². The molecule has 0 aromatic heterocycles. The van der Waals surface area contributed by atoms with Crippen LogP contribution in [-0.4, -0.2) is 11.1 Å². The fraction of sp³-hybridized carbons (Fsp3) is 0.480. The Hall–Kier alpha value is -2.09. The van der Waals surface area contributed by atoms with Crippen molar-refractivity contribution in [3.8, 4) is 0 Å². The summed E-state index contributed by atoms with van der Waals surface area (Å²) in [5, 5.41) is 11.4. The molecule has 0 aliphatic heterocycles. The Labute approximate surface area is 164 Å². The molecule has 0 aliphatic rings. The Balaban J connectivity index is 1.75. The second-order valence-electron chi connectivity index (χ2n) is 7.54. The quantitative estimate of drug-likeness (QED) is 0.389. The van der Waals surface area contributed by atoms with Crippen LogP contribution >= 0.6 is 0 Å². The second kappa shape index (κ2) is 11.6. The summed E-state index contributed by atoms with van der Waals surface area (Å²) in [5.74, 6) is -0.862. The van der Waals surface area contributed by atoms with E-state index in [1.807, 2.05) is 19.1 Å². The summed E-state index contributed by atoms with van der Waals surface area (Å²) in [6.07, 6.45) is 17.8. The van der Waals surface area contributed by atoms with Crippen molar-refractivity contribution in [2.75, 3.05) is 0 Å². The van der Waals surface area contributed by atoms with E-state index in [1.54, 1.807) is 6.07 Å². The molecule has 0 heterocycles. The van der Waals surface area contributed by atoms with E-state index in [-0.39, 0.29) is 0 Å². The number of aromatic carboxylic acids is 1. The lowest BCUT2D eigenvalue weighted by Gasteiger charge is -2.07. The van der Waals surface area contributed by atoms with Crippen LogP contribution in [0.1, 0.15) is 92.6 Å². The Bertz CT molecular complexity index is 758. The predicted molar refractivity (Wildman–Crippen MR) is 117 cm³/mol. The summed E-state index contributed by atoms with van der Waals surface area (Å²) in [4.78, 5) is 11.2. The van der Waals surface area contributed by atoms with Crippen LogP contribution in [0.15, 0.2) is 36.4 Å². The highest BCUT2D eigenvalue weighted by Gasteiger charge is 2.09. The van der Waals surface area contributed by atoms with E-state index in [2.05, 4.69) is 31.2 Å². The Kier molecular flexibility index (Phi) is 9.10. The molecular formula is C25H34O2. The van der Waals surface area contributed by atoms with Gasteiger partial charge in [0.05, 0.1) is 5.56 Å². The zero-order valence-corrected chi connectivity index (χ0v) is 17.0. The van der Waals surface area contributed by atoms with Gasteiger partial charge in [-0.25, -0.2) is 4.79 Å². The standard InChI is InChI=1S/C25H34O2/c1-3-4-5-6-7-8-9-10-11-12-13-14-21-15-17-23-20(2)24(25(26)27)18-16-22(23)19-21/h13-19H,3-12H2,1-2H3,(H,26,27). The molecular weight excluding hydrogens is 332 g/mol. The summed E-state index contributed by atoms with van der Waals surface area (Å²) in [5.41, 5.74) is 2.40. The molecule has 0 atom stereocenters. The number of carbonyl (C=O) groups is 1. The minimum absolute atomic E-state index is 0.385. The maximum atomic E-state index is 11.2. The van der Waals surface area contributed by atoms with Crippen LogP contribution in [0.3, 0.4) is 0 Å². The van der Waals surface area contributed by atoms with Crippen molar-refractivity contribution < 1.29 is 9.90 Å². The first-order chi connectivity index (χ1) is 13.1. The van der Waals surface area contributed by atoms with E-state index in [1.165, 1.54) is 63.4 Å². The third kappa shape index (κ3) is 6.86. The first-order valence-electron chi connectivity index (χ1n) is 10.6. The van der Waals surface area contributed by atoms with E-state index < -0.39 is 5.97 Å². The number of rotatable bonds is 12. The van der Waals surface area contributed by atoms with Crippen LogP contribution < -0.4 is 0 Å². The Morgan fingerprint density at radius 3 is 2.26 bits per heavy atom. The first kappa shape index (κ1) is 21.2. The molecule has 0 aliphatic carbocycles. The third-order valence-electron chi connectivity index (χ3n) is 5.33. The van der Waals surface area contributed by atoms with Gasteiger partial charge in [0.1, 0.15) is 0 Å². The minimum atomic E-state index is -0.862. The average molecular weight is 367 g/mol. The summed E-state index contributed by atoms with van der Waals surface area (Å²) in [6.45, 7) is 4.15. The number of carboxylic acids is 1. The largest absolute Gasteiger partial charge is 0.478 e. The maximum absolute atomic E-state index is 11.2. The summed E-state index contributed by atoms with van der Waals surface area (Å²) in [7, 11) is 0. The number of benzene rings is 2. The number of allylic oxidation sites excluding steroid dienone is 1. The van der Waals surface area contributed by atoms with Crippen molar-refractivity contribution in [3.05, 3.63) is 53.1 Å². The smallest absolute Gasteiger partial charge is 0.335 e. The third-order valence-corrected chi connectivity index (χ3v) is 5.33. The van der Waals surface area contributed by atoms with Gasteiger partial charge in [-0.15, -0.1) is 0 Å². The Morgan fingerprint density at radius 1 is 0.926 bits per heavy atom. The number of hydrogen-bond donors (Lipinski definition) is 1. The lowest BCUT2D eigenvalue weighted by Crippen LogP contribution is -1.99. The van der Waals surface area contributed by atoms with Crippen molar-refractivity contribution >= 4 is 22.8 Å². The van der Waals surface area contributed by atoms with Gasteiger partial charge in [-0.05, 0) is 53.8 Å². The average Bonchev–Trinajstić information content (AvgIpc) is 2.66. The molecule has 27 heavy (non-hydrogen) atoms. The summed E-state index contributed by atoms with van der Waals surface area (Å²) >= 11 is 0. The number of unbranched alkanes of at least 4 members (excludes halogenated alkanes) is 9. The van der Waals surface area contributed by atoms with Gasteiger partial charge in [-0.1, -0.05) is 88.6 Å². The summed E-state index contributed by atoms with van der Waals surface area (Å²) < 4.78 is 0. The van der Waals surface area contributed by atoms with Gasteiger partial charge in [0, 0.05) is 0 Å². The van der Waals surface area contributed by atoms with Crippen LogP contribution in [0.25, 0.3) is 16.8 Å². The molecule has 0 unspecified atom stereocenters. The van der Waals surface area contributed by atoms with Gasteiger partial charge >= 0.3 is 5.97 Å². The molecule has 2 rings (SSSR count). The highest BCUT2D eigenvalue weighted by Crippen LogP contribution is 2.24. The van der Waals surface area contributed by atoms with E-state index in [9.17, 15) is 9.90 Å². The zero-order chi connectivity index (χ0) is 19.5. The van der Waals surface area contributed by atoms with Gasteiger partial charge in [0.15, 0.2) is 0 Å². The van der Waals surface area contributed by atoms with Crippen molar-refractivity contribution in [3.63, 3.8) is 0 Å². The normalized spacial score (nSPS) is 11.5. The molecule has 146 valence electrons. The maximum Gasteiger partial charge on any atom is 0.335 e. The van der Waals surface area contributed by atoms with Gasteiger partial charge in [-0.3, -0.25) is 0 Å². The van der Waals surface area contributed by atoms with Crippen molar-refractivity contribution in [2.45, 2.75) is 78.1 Å². The van der Waals surface area contributed by atoms with Crippen molar-refractivity contribution in [1.29, 1.82) is 0 Å². The highest BCUT2D eigenvalue weighted by atomic mass is 16.4. The van der Waals surface area contributed by atoms with Crippen molar-refractivity contribution in [2.24, 2.45) is 0 Å². The molecule has 0 saturated heterocycles. The van der Waals surface area contributed by atoms with E-state index in [0.717, 1.165) is 22.8 Å². The molecule has 1 N–H and O–H groups in total. The number of hydrogen-bond acceptors (Lipinski definition) is 1. The lowest BCUT2D eigenvalue weighted by molar-refractivity contribution is 0.0696. The fourth-order valence-corrected chi connectivity index (χ4v) is 3.63. The zero-order valence-electron chi connectivity index (χ0n) is 17.0. The minimum Gasteiger partial charge on any atom is -0.478 e. The Morgan fingerprint density at radius 2 is 1.59 bits per heavy atom. The lowest BCUT2D eigenvalue weighted by atomic mass is 9.98. The van der Waals surface area contributed by atoms with Crippen molar-refractivity contribution in [1.82, 2.24) is 0 Å². The number of carboxylic acid groups (broad SMARTS) is 1. The van der Waals surface area contributed by atoms with Gasteiger partial charge in [0.2, 0.25) is 0 Å². The SMILES string of the molecule is CCCCCCCCCCCC=Cc1ccc2c(C)c(C(=O)O)ccc2c1. The molecule has 0 spiro atoms. The van der Waals surface area contributed by atoms with Crippen LogP contribution in [-0.2, 0) is 0 Å². The van der Waals surface area contributed by atoms with Crippen LogP contribution in [0.4, 0.5) is 0 Å². The molecule has 2 heteroatoms. The highest BCUT2D eigenvalue weighted by molar-refractivity contribution is 5.98. The molecule has 2 nitrogen and oxygen atoms in total. The first-order valence-corrected chi connectivity index (χ1v) is 10.6. The molecule has 2 aromatic rings. The number of aryl methyl sites for hydroxylation is 1. The monoisotopic (exact) mass is 366 g/mol. The molecule has 0 amide bonds. The number of fused-ring (bicyclic) bond motifs is 1. The van der Waals surface area contributed by atoms with Crippen LogP contribution in [0, 0.1) is 6.92 Å². The molecule has 0 radical (unpaired) electrons. The van der Waals surface area contributed by atoms with Gasteiger partial charge in [0.25, 0.3) is 0 Å². The van der Waals surface area contributed by atoms with Gasteiger partial charge in [-0.2, -0.15) is 0 Å². The second-order valence-corrected chi connectivity index (χ2v) is 7.54. The van der Waals surface area contributed by atoms with Gasteiger partial charge < -0.3 is 5.11 Å². The van der Waals surface area contributed by atoms with Crippen LogP contribution in [0.2, 0.25) is 0 Å². The predicted octanol–water partition coefficient (Wildman–Crippen LogP) is 7.78. The van der Waals surface area contributed by atoms with E-state index in [0.29, 0.717) is 5.56 Å². The fourth-order valence-electron chi connectivity index (χ4n) is 3.63. The van der Waals surface area contributed by atoms with E-state index >= 15 is 0 Å². The van der Waals surface area contributed by atoms with Crippen LogP contribution in [0.5, 0.6) is 0 Å². The molecule has 0 saturated carbocycles. The molecule has 0 bridgehead atoms. The molecule has 0 fully saturated rings.